The fourth-order valence-electron chi connectivity index (χ4n) is 6.19. The number of nitrogens with two attached hydrogens (primary N) is 1. The molecule has 1 aromatic carbocycles. The molecule has 7 rings (SSSR count). The van der Waals surface area contributed by atoms with Gasteiger partial charge in [-0.1, -0.05) is 36.6 Å². The van der Waals surface area contributed by atoms with E-state index in [1.807, 2.05) is 6.07 Å². The normalized spacial score (nSPS) is 32.6. The van der Waals surface area contributed by atoms with E-state index in [9.17, 15) is 9.36 Å². The predicted octanol–water partition coefficient (Wildman–Crippen LogP) is 5.13. The van der Waals surface area contributed by atoms with Gasteiger partial charge in [0.15, 0.2) is 29.1 Å². The number of rotatable bonds is 8. The minimum Gasteiger partial charge on any atom is -0.476 e. The van der Waals surface area contributed by atoms with Crippen molar-refractivity contribution in [1.82, 2.24) is 19.5 Å². The Morgan fingerprint density at radius 2 is 2.05 bits per heavy atom. The van der Waals surface area contributed by atoms with Gasteiger partial charge in [-0.3, -0.25) is 18.1 Å². The van der Waals surface area contributed by atoms with E-state index in [-0.39, 0.29) is 25.0 Å². The zero-order valence-corrected chi connectivity index (χ0v) is 24.9. The second-order valence-electron chi connectivity index (χ2n) is 11.3. The van der Waals surface area contributed by atoms with Gasteiger partial charge in [-0.25, -0.2) is 14.3 Å². The number of phosphoric ester groups is 1. The molecule has 0 amide bonds. The molecule has 0 spiro atoms. The molecule has 2 N–H and O–H groups in total. The summed E-state index contributed by atoms with van der Waals surface area (Å²) >= 11 is 6.13. The Labute approximate surface area is 251 Å². The fraction of sp³-hybridized carbons (Fsp3) is 0.556. The SMILES string of the molecule is CC12OC(=O)OC1C(COP1(=O)OCCC(c3cccc(Cl)c3)O1)OC2n1cnc2c(OCC3CCCC3)nc(N)nc21. The van der Waals surface area contributed by atoms with Gasteiger partial charge in [-0.15, -0.1) is 0 Å². The third-order valence-electron chi connectivity index (χ3n) is 8.32. The summed E-state index contributed by atoms with van der Waals surface area (Å²) in [4.78, 5) is 25.5. The van der Waals surface area contributed by atoms with Crippen molar-refractivity contribution in [2.24, 2.45) is 5.92 Å². The molecule has 1 aliphatic carbocycles. The summed E-state index contributed by atoms with van der Waals surface area (Å²) in [6, 6.07) is 7.09. The Balaban J connectivity index is 1.11. The topological polar surface area (TPSA) is 168 Å². The van der Waals surface area contributed by atoms with E-state index < -0.39 is 44.1 Å². The highest BCUT2D eigenvalue weighted by Crippen LogP contribution is 2.58. The van der Waals surface area contributed by atoms with Crippen LogP contribution in [0.25, 0.3) is 11.2 Å². The van der Waals surface area contributed by atoms with Gasteiger partial charge in [-0.05, 0) is 43.4 Å². The molecule has 3 aliphatic heterocycles. The maximum Gasteiger partial charge on any atom is 0.509 e. The van der Waals surface area contributed by atoms with Crippen LogP contribution in [0.4, 0.5) is 10.7 Å². The molecule has 4 fully saturated rings. The standard InChI is InChI=1S/C27H31ClN5O9P/c1-27-21(40-26(34)41-27)19(13-38-43(35)37-10-9-18(42-43)16-7-4-8-17(28)11-16)39-24(27)33-14-30-20-22(33)31-25(29)32-23(20)36-12-15-5-2-3-6-15/h4,7-8,11,14-15,18-19,21,24H,2-3,5-6,9-10,12-13H2,1H3,(H2,29,31,32). The highest BCUT2D eigenvalue weighted by molar-refractivity contribution is 7.48. The van der Waals surface area contributed by atoms with Gasteiger partial charge in [0, 0.05) is 11.4 Å². The number of ether oxygens (including phenoxy) is 4. The van der Waals surface area contributed by atoms with Crippen LogP contribution in [0.15, 0.2) is 30.6 Å². The number of hydrogen-bond donors (Lipinski definition) is 1. The molecule has 230 valence electrons. The van der Waals surface area contributed by atoms with Crippen molar-refractivity contribution in [2.45, 2.75) is 69.2 Å². The summed E-state index contributed by atoms with van der Waals surface area (Å²) in [5.41, 5.74) is 6.22. The van der Waals surface area contributed by atoms with Gasteiger partial charge in [-0.2, -0.15) is 9.97 Å². The Morgan fingerprint density at radius 1 is 1.21 bits per heavy atom. The lowest BCUT2D eigenvalue weighted by Gasteiger charge is -2.30. The highest BCUT2D eigenvalue weighted by atomic mass is 35.5. The summed E-state index contributed by atoms with van der Waals surface area (Å²) in [7, 11) is -4.00. The monoisotopic (exact) mass is 635 g/mol. The molecule has 0 bridgehead atoms. The summed E-state index contributed by atoms with van der Waals surface area (Å²) in [6.45, 7) is 2.04. The Morgan fingerprint density at radius 3 is 2.86 bits per heavy atom. The number of fused-ring (bicyclic) bond motifs is 2. The van der Waals surface area contributed by atoms with E-state index in [4.69, 9.17) is 49.9 Å². The highest BCUT2D eigenvalue weighted by Gasteiger charge is 2.64. The third kappa shape index (κ3) is 5.45. The van der Waals surface area contributed by atoms with E-state index in [2.05, 4.69) is 15.0 Å². The number of aromatic nitrogens is 4. The molecule has 0 radical (unpaired) electrons. The minimum absolute atomic E-state index is 0.00567. The first-order valence-electron chi connectivity index (χ1n) is 14.2. The molecular weight excluding hydrogens is 605 g/mol. The molecule has 6 unspecified atom stereocenters. The Bertz CT molecular complexity index is 1590. The zero-order valence-electron chi connectivity index (χ0n) is 23.3. The summed E-state index contributed by atoms with van der Waals surface area (Å²) in [5, 5.41) is 0.530. The number of benzene rings is 1. The molecule has 14 nitrogen and oxygen atoms in total. The van der Waals surface area contributed by atoms with Crippen LogP contribution >= 0.6 is 19.4 Å². The number of imidazole rings is 1. The van der Waals surface area contributed by atoms with Crippen LogP contribution < -0.4 is 10.5 Å². The summed E-state index contributed by atoms with van der Waals surface area (Å²) in [6.07, 6.45) is 2.36. The predicted molar refractivity (Wildman–Crippen MR) is 150 cm³/mol. The third-order valence-corrected chi connectivity index (χ3v) is 10.0. The van der Waals surface area contributed by atoms with Gasteiger partial charge in [0.1, 0.15) is 6.10 Å². The maximum absolute atomic E-state index is 13.5. The van der Waals surface area contributed by atoms with Crippen molar-refractivity contribution in [1.29, 1.82) is 0 Å². The molecule has 2 aromatic heterocycles. The van der Waals surface area contributed by atoms with E-state index in [1.165, 1.54) is 19.2 Å². The number of nitrogen functional groups attached to an aromatic ring is 1. The van der Waals surface area contributed by atoms with Crippen molar-refractivity contribution in [3.8, 4) is 5.88 Å². The Kier molecular flexibility index (Phi) is 7.47. The quantitative estimate of drug-likeness (QED) is 0.256. The van der Waals surface area contributed by atoms with Gasteiger partial charge in [0.05, 0.1) is 32.3 Å². The van der Waals surface area contributed by atoms with Crippen LogP contribution in [0.5, 0.6) is 5.88 Å². The van der Waals surface area contributed by atoms with Crippen LogP contribution in [0.3, 0.4) is 0 Å². The van der Waals surface area contributed by atoms with Gasteiger partial charge >= 0.3 is 14.0 Å². The number of anilines is 1. The second-order valence-corrected chi connectivity index (χ2v) is 13.3. The van der Waals surface area contributed by atoms with E-state index >= 15 is 0 Å². The lowest BCUT2D eigenvalue weighted by Crippen LogP contribution is -2.42. The number of phosphoric acid groups is 1. The van der Waals surface area contributed by atoms with Crippen molar-refractivity contribution in [2.75, 3.05) is 25.6 Å². The molecule has 6 atom stereocenters. The van der Waals surface area contributed by atoms with Crippen molar-refractivity contribution < 1.29 is 41.9 Å². The Hall–Kier alpha value is -3.00. The first kappa shape index (κ1) is 28.8. The number of hydrogen-bond acceptors (Lipinski definition) is 13. The second kappa shape index (κ2) is 11.2. The first-order valence-corrected chi connectivity index (χ1v) is 16.1. The summed E-state index contributed by atoms with van der Waals surface area (Å²) < 4.78 is 55.4. The molecular formula is C27H31ClN5O9P. The number of nitrogens with zero attached hydrogens (tertiary/aromatic N) is 4. The first-order chi connectivity index (χ1) is 20.7. The van der Waals surface area contributed by atoms with Gasteiger partial charge in [0.2, 0.25) is 11.8 Å². The van der Waals surface area contributed by atoms with Crippen LogP contribution in [0.1, 0.15) is 56.9 Å². The molecule has 4 aliphatic rings. The zero-order chi connectivity index (χ0) is 29.8. The van der Waals surface area contributed by atoms with Gasteiger partial charge < -0.3 is 24.7 Å². The van der Waals surface area contributed by atoms with E-state index in [1.54, 1.807) is 29.7 Å². The van der Waals surface area contributed by atoms with E-state index in [0.717, 1.165) is 18.4 Å². The molecule has 43 heavy (non-hydrogen) atoms. The fourth-order valence-corrected chi connectivity index (χ4v) is 7.78. The lowest BCUT2D eigenvalue weighted by atomic mass is 9.96. The van der Waals surface area contributed by atoms with Crippen LogP contribution in [-0.2, 0) is 32.3 Å². The molecule has 3 saturated heterocycles. The number of carbonyl (C=O) groups is 1. The lowest BCUT2D eigenvalue weighted by molar-refractivity contribution is -0.0925. The molecule has 16 heteroatoms. The van der Waals surface area contributed by atoms with E-state index in [0.29, 0.717) is 35.1 Å². The van der Waals surface area contributed by atoms with Crippen LogP contribution in [0, 0.1) is 5.92 Å². The number of halogens is 1. The average Bonchev–Trinajstić information content (AvgIpc) is 3.75. The average molecular weight is 636 g/mol. The maximum atomic E-state index is 13.5. The van der Waals surface area contributed by atoms with Crippen molar-refractivity contribution >= 4 is 42.7 Å². The smallest absolute Gasteiger partial charge is 0.476 e. The molecule has 3 aromatic rings. The van der Waals surface area contributed by atoms with Crippen molar-refractivity contribution in [3.63, 3.8) is 0 Å². The van der Waals surface area contributed by atoms with Gasteiger partial charge in [0.25, 0.3) is 0 Å². The minimum atomic E-state index is -4.00. The van der Waals surface area contributed by atoms with Crippen LogP contribution in [-0.4, -0.2) is 63.3 Å². The molecule has 1 saturated carbocycles. The van der Waals surface area contributed by atoms with Crippen molar-refractivity contribution in [3.05, 3.63) is 41.2 Å². The molecule has 5 heterocycles. The number of carbonyl (C=O) groups excluding carboxylic acids is 1. The summed E-state index contributed by atoms with van der Waals surface area (Å²) in [5.74, 6) is 0.715. The largest absolute Gasteiger partial charge is 0.509 e. The van der Waals surface area contributed by atoms with Crippen LogP contribution in [0.2, 0.25) is 5.02 Å².